The fourth-order valence-electron chi connectivity index (χ4n) is 3.64. The van der Waals surface area contributed by atoms with Gasteiger partial charge in [-0.2, -0.15) is 5.26 Å². The van der Waals surface area contributed by atoms with Crippen LogP contribution in [0.5, 0.6) is 0 Å². The van der Waals surface area contributed by atoms with Crippen LogP contribution >= 0.6 is 0 Å². The monoisotopic (exact) mass is 242 g/mol. The molecule has 1 N–H and O–H groups in total. The quantitative estimate of drug-likeness (QED) is 0.750. The van der Waals surface area contributed by atoms with Crippen molar-refractivity contribution in [1.82, 2.24) is 4.90 Å². The first kappa shape index (κ1) is 11.7. The second-order valence-corrected chi connectivity index (χ2v) is 5.62. The molecule has 1 aliphatic heterocycles. The minimum Gasteiger partial charge on any atom is -0.383 e. The number of nitriles is 1. The van der Waals surface area contributed by atoms with Crippen molar-refractivity contribution in [1.29, 1.82) is 5.26 Å². The molecule has 0 unspecified atom stereocenters. The Labute approximate surface area is 108 Å². The van der Waals surface area contributed by atoms with E-state index in [1.54, 1.807) is 0 Å². The highest BCUT2D eigenvalue weighted by Gasteiger charge is 2.51. The van der Waals surface area contributed by atoms with Gasteiger partial charge in [0.25, 0.3) is 0 Å². The van der Waals surface area contributed by atoms with Gasteiger partial charge in [-0.3, -0.25) is 0 Å². The van der Waals surface area contributed by atoms with Crippen LogP contribution in [0.1, 0.15) is 17.5 Å². The molecule has 3 rings (SSSR count). The van der Waals surface area contributed by atoms with Crippen LogP contribution in [-0.2, 0) is 12.0 Å². The minimum absolute atomic E-state index is 0.177. The van der Waals surface area contributed by atoms with Crippen molar-refractivity contribution in [2.24, 2.45) is 11.8 Å². The molecule has 0 saturated carbocycles. The van der Waals surface area contributed by atoms with Gasteiger partial charge in [0.15, 0.2) is 0 Å². The van der Waals surface area contributed by atoms with Crippen molar-refractivity contribution >= 4 is 0 Å². The topological polar surface area (TPSA) is 47.3 Å². The van der Waals surface area contributed by atoms with E-state index < -0.39 is 5.60 Å². The molecular formula is C15H18N2O. The molecule has 0 spiro atoms. The van der Waals surface area contributed by atoms with Crippen molar-refractivity contribution in [2.75, 3.05) is 20.1 Å². The van der Waals surface area contributed by atoms with Crippen molar-refractivity contribution < 1.29 is 5.11 Å². The molecule has 3 heteroatoms. The van der Waals surface area contributed by atoms with Gasteiger partial charge < -0.3 is 10.0 Å². The van der Waals surface area contributed by atoms with Crippen LogP contribution in [0.4, 0.5) is 0 Å². The summed E-state index contributed by atoms with van der Waals surface area (Å²) in [5.74, 6) is -0.154. The SMILES string of the molecule is CN1C[C@H]2CCc3ccccc3[C@]2(O)[C@@H](C#N)C1. The van der Waals surface area contributed by atoms with Crippen LogP contribution in [-0.4, -0.2) is 30.1 Å². The molecule has 1 heterocycles. The zero-order valence-electron chi connectivity index (χ0n) is 10.6. The normalized spacial score (nSPS) is 35.4. The van der Waals surface area contributed by atoms with E-state index in [-0.39, 0.29) is 11.8 Å². The highest BCUT2D eigenvalue weighted by Crippen LogP contribution is 2.47. The maximum Gasteiger partial charge on any atom is 0.111 e. The van der Waals surface area contributed by atoms with Gasteiger partial charge in [-0.05, 0) is 31.0 Å². The molecule has 1 fully saturated rings. The van der Waals surface area contributed by atoms with E-state index in [9.17, 15) is 10.4 Å². The molecule has 3 nitrogen and oxygen atoms in total. The van der Waals surface area contributed by atoms with Gasteiger partial charge in [0.05, 0.1) is 12.0 Å². The molecule has 0 radical (unpaired) electrons. The molecule has 2 aliphatic rings. The number of nitrogens with zero attached hydrogens (tertiary/aromatic N) is 2. The van der Waals surface area contributed by atoms with Crippen LogP contribution in [0.2, 0.25) is 0 Å². The first-order valence-electron chi connectivity index (χ1n) is 6.55. The summed E-state index contributed by atoms with van der Waals surface area (Å²) in [4.78, 5) is 2.17. The van der Waals surface area contributed by atoms with Crippen molar-refractivity contribution in [3.8, 4) is 6.07 Å². The third-order valence-electron chi connectivity index (χ3n) is 4.55. The first-order chi connectivity index (χ1) is 8.66. The van der Waals surface area contributed by atoms with Gasteiger partial charge >= 0.3 is 0 Å². The van der Waals surface area contributed by atoms with E-state index in [1.807, 2.05) is 25.2 Å². The van der Waals surface area contributed by atoms with Gasteiger partial charge in [-0.1, -0.05) is 24.3 Å². The van der Waals surface area contributed by atoms with Crippen LogP contribution in [0.3, 0.4) is 0 Å². The third kappa shape index (κ3) is 1.50. The predicted molar refractivity (Wildman–Crippen MR) is 68.7 cm³/mol. The highest BCUT2D eigenvalue weighted by atomic mass is 16.3. The fourth-order valence-corrected chi connectivity index (χ4v) is 3.64. The zero-order chi connectivity index (χ0) is 12.8. The van der Waals surface area contributed by atoms with E-state index in [4.69, 9.17) is 0 Å². The average Bonchev–Trinajstić information content (AvgIpc) is 2.39. The van der Waals surface area contributed by atoms with E-state index >= 15 is 0 Å². The van der Waals surface area contributed by atoms with Gasteiger partial charge in [0, 0.05) is 19.0 Å². The Balaban J connectivity index is 2.12. The lowest BCUT2D eigenvalue weighted by molar-refractivity contribution is -0.110. The largest absolute Gasteiger partial charge is 0.383 e. The number of likely N-dealkylation sites (tertiary alicyclic amines) is 1. The summed E-state index contributed by atoms with van der Waals surface area (Å²) in [7, 11) is 2.03. The predicted octanol–water partition coefficient (Wildman–Crippen LogP) is 1.52. The Morgan fingerprint density at radius 3 is 2.94 bits per heavy atom. The summed E-state index contributed by atoms with van der Waals surface area (Å²) in [6.45, 7) is 1.53. The number of piperidine rings is 1. The molecule has 0 amide bonds. The summed E-state index contributed by atoms with van der Waals surface area (Å²) in [5, 5.41) is 20.6. The van der Waals surface area contributed by atoms with Crippen LogP contribution < -0.4 is 0 Å². The molecule has 3 atom stereocenters. The second-order valence-electron chi connectivity index (χ2n) is 5.62. The Morgan fingerprint density at radius 2 is 2.17 bits per heavy atom. The van der Waals surface area contributed by atoms with Gasteiger partial charge in [-0.25, -0.2) is 0 Å². The number of aryl methyl sites for hydroxylation is 1. The Bertz CT molecular complexity index is 507. The van der Waals surface area contributed by atoms with Crippen LogP contribution in [0, 0.1) is 23.2 Å². The van der Waals surface area contributed by atoms with E-state index in [0.29, 0.717) is 6.54 Å². The number of rotatable bonds is 0. The molecule has 94 valence electrons. The van der Waals surface area contributed by atoms with Crippen LogP contribution in [0.25, 0.3) is 0 Å². The maximum atomic E-state index is 11.2. The van der Waals surface area contributed by atoms with Crippen LogP contribution in [0.15, 0.2) is 24.3 Å². The fraction of sp³-hybridized carbons (Fsp3) is 0.533. The molecule has 18 heavy (non-hydrogen) atoms. The summed E-state index contributed by atoms with van der Waals surface area (Å²) >= 11 is 0. The summed E-state index contributed by atoms with van der Waals surface area (Å²) in [6, 6.07) is 10.4. The van der Waals surface area contributed by atoms with Crippen molar-refractivity contribution in [3.63, 3.8) is 0 Å². The van der Waals surface area contributed by atoms with E-state index in [1.165, 1.54) is 5.56 Å². The maximum absolute atomic E-state index is 11.2. The zero-order valence-corrected chi connectivity index (χ0v) is 10.6. The number of fused-ring (bicyclic) bond motifs is 3. The molecule has 1 aromatic rings. The van der Waals surface area contributed by atoms with Gasteiger partial charge in [-0.15, -0.1) is 0 Å². The smallest absolute Gasteiger partial charge is 0.111 e. The third-order valence-corrected chi connectivity index (χ3v) is 4.55. The van der Waals surface area contributed by atoms with Crippen molar-refractivity contribution in [3.05, 3.63) is 35.4 Å². The lowest BCUT2D eigenvalue weighted by Gasteiger charge is -2.50. The number of hydrogen-bond acceptors (Lipinski definition) is 3. The number of benzene rings is 1. The van der Waals surface area contributed by atoms with Crippen molar-refractivity contribution in [2.45, 2.75) is 18.4 Å². The van der Waals surface area contributed by atoms with E-state index in [2.05, 4.69) is 17.0 Å². The first-order valence-corrected chi connectivity index (χ1v) is 6.55. The molecule has 1 aliphatic carbocycles. The molecular weight excluding hydrogens is 224 g/mol. The molecule has 1 aromatic carbocycles. The van der Waals surface area contributed by atoms with Gasteiger partial charge in [0.1, 0.15) is 5.60 Å². The minimum atomic E-state index is -0.948. The number of aliphatic hydroxyl groups is 1. The summed E-state index contributed by atoms with van der Waals surface area (Å²) in [6.07, 6.45) is 1.98. The molecule has 0 aromatic heterocycles. The Kier molecular flexibility index (Phi) is 2.65. The lowest BCUT2D eigenvalue weighted by Crippen LogP contribution is -2.56. The lowest BCUT2D eigenvalue weighted by atomic mass is 9.63. The van der Waals surface area contributed by atoms with E-state index in [0.717, 1.165) is 24.9 Å². The van der Waals surface area contributed by atoms with Gasteiger partial charge in [0.2, 0.25) is 0 Å². The Hall–Kier alpha value is -1.37. The standard InChI is InChI=1S/C15H18N2O/c1-17-9-12-7-6-11-4-2-3-5-14(11)15(12,18)13(8-16)10-17/h2-5,12-13,18H,6-7,9-10H2,1H3/t12-,13+,15-/m1/s1. The molecule has 0 bridgehead atoms. The number of hydrogen-bond donors (Lipinski definition) is 1. The Morgan fingerprint density at radius 1 is 1.39 bits per heavy atom. The summed E-state index contributed by atoms with van der Waals surface area (Å²) in [5.41, 5.74) is 1.25. The summed E-state index contributed by atoms with van der Waals surface area (Å²) < 4.78 is 0. The average molecular weight is 242 g/mol. The molecule has 1 saturated heterocycles. The second kappa shape index (κ2) is 4.08. The highest BCUT2D eigenvalue weighted by molar-refractivity contribution is 5.38.